The Morgan fingerprint density at radius 3 is 2.58 bits per heavy atom. The second-order valence-electron chi connectivity index (χ2n) is 5.26. The lowest BCUT2D eigenvalue weighted by Crippen LogP contribution is -2.10. The van der Waals surface area contributed by atoms with Gasteiger partial charge in [-0.25, -0.2) is 0 Å². The van der Waals surface area contributed by atoms with Crippen LogP contribution in [0.15, 0.2) is 54.7 Å². The van der Waals surface area contributed by atoms with E-state index in [1.165, 1.54) is 6.07 Å². The van der Waals surface area contributed by atoms with Crippen molar-refractivity contribution >= 4 is 16.6 Å². The van der Waals surface area contributed by atoms with Crippen LogP contribution < -0.4 is 9.47 Å². The molecule has 3 rings (SSSR count). The summed E-state index contributed by atoms with van der Waals surface area (Å²) in [4.78, 5) is 14.9. The molecule has 1 heterocycles. The molecule has 0 amide bonds. The third-order valence-corrected chi connectivity index (χ3v) is 3.51. The highest BCUT2D eigenvalue weighted by Crippen LogP contribution is 2.28. The molecular weight excluding hydrogens is 308 g/mol. The quantitative estimate of drug-likeness (QED) is 0.390. The van der Waals surface area contributed by atoms with Gasteiger partial charge in [0.15, 0.2) is 5.75 Å². The van der Waals surface area contributed by atoms with Crippen LogP contribution in [0.2, 0.25) is 0 Å². The number of pyridine rings is 1. The van der Waals surface area contributed by atoms with Crippen molar-refractivity contribution in [1.29, 1.82) is 0 Å². The third kappa shape index (κ3) is 3.43. The van der Waals surface area contributed by atoms with E-state index in [0.29, 0.717) is 5.75 Å². The molecular formula is C18H16N2O4. The van der Waals surface area contributed by atoms with E-state index in [1.54, 1.807) is 18.3 Å². The molecule has 122 valence electrons. The van der Waals surface area contributed by atoms with Gasteiger partial charge in [0.25, 0.3) is 0 Å². The molecule has 0 N–H and O–H groups in total. The fourth-order valence-corrected chi connectivity index (χ4v) is 2.38. The van der Waals surface area contributed by atoms with Gasteiger partial charge in [-0.3, -0.25) is 15.1 Å². The van der Waals surface area contributed by atoms with Gasteiger partial charge in [0.05, 0.1) is 4.92 Å². The molecule has 0 aliphatic rings. The molecule has 0 radical (unpaired) electrons. The fourth-order valence-electron chi connectivity index (χ4n) is 2.38. The monoisotopic (exact) mass is 324 g/mol. The minimum Gasteiger partial charge on any atom is -0.488 e. The molecule has 0 aliphatic carbocycles. The number of aryl methyl sites for hydroxylation is 1. The molecule has 0 bridgehead atoms. The van der Waals surface area contributed by atoms with Gasteiger partial charge in [-0.15, -0.1) is 0 Å². The van der Waals surface area contributed by atoms with E-state index in [0.717, 1.165) is 16.5 Å². The number of hydrogen-bond acceptors (Lipinski definition) is 5. The topological polar surface area (TPSA) is 74.5 Å². The SMILES string of the molecule is Cc1ccc([N+](=O)[O-])c(OCCOc2cccc3cccnc23)c1. The molecule has 3 aromatic rings. The summed E-state index contributed by atoms with van der Waals surface area (Å²) < 4.78 is 11.2. The summed E-state index contributed by atoms with van der Waals surface area (Å²) in [6.07, 6.45) is 1.71. The third-order valence-electron chi connectivity index (χ3n) is 3.51. The van der Waals surface area contributed by atoms with E-state index in [-0.39, 0.29) is 24.7 Å². The Labute approximate surface area is 138 Å². The molecule has 0 atom stereocenters. The maximum atomic E-state index is 11.0. The lowest BCUT2D eigenvalue weighted by molar-refractivity contribution is -0.385. The van der Waals surface area contributed by atoms with Gasteiger partial charge in [0.1, 0.15) is 24.5 Å². The van der Waals surface area contributed by atoms with Crippen molar-refractivity contribution in [3.8, 4) is 11.5 Å². The van der Waals surface area contributed by atoms with Crippen molar-refractivity contribution in [3.05, 3.63) is 70.4 Å². The summed E-state index contributed by atoms with van der Waals surface area (Å²) >= 11 is 0. The summed E-state index contributed by atoms with van der Waals surface area (Å²) in [5, 5.41) is 12.0. The molecule has 0 spiro atoms. The van der Waals surface area contributed by atoms with Crippen molar-refractivity contribution in [2.45, 2.75) is 6.92 Å². The van der Waals surface area contributed by atoms with Crippen LogP contribution in [0.5, 0.6) is 11.5 Å². The molecule has 0 saturated heterocycles. The first-order chi connectivity index (χ1) is 11.6. The zero-order valence-corrected chi connectivity index (χ0v) is 13.1. The van der Waals surface area contributed by atoms with Crippen LogP contribution in [-0.2, 0) is 0 Å². The summed E-state index contributed by atoms with van der Waals surface area (Å²) in [6, 6.07) is 14.3. The smallest absolute Gasteiger partial charge is 0.310 e. The van der Waals surface area contributed by atoms with E-state index in [4.69, 9.17) is 9.47 Å². The Hall–Kier alpha value is -3.15. The van der Waals surface area contributed by atoms with Crippen molar-refractivity contribution in [1.82, 2.24) is 4.98 Å². The first kappa shape index (κ1) is 15.7. The highest BCUT2D eigenvalue weighted by atomic mass is 16.6. The molecule has 0 unspecified atom stereocenters. The van der Waals surface area contributed by atoms with Gasteiger partial charge in [0, 0.05) is 17.6 Å². The average Bonchev–Trinajstić information content (AvgIpc) is 2.58. The first-order valence-corrected chi connectivity index (χ1v) is 7.49. The number of fused-ring (bicyclic) bond motifs is 1. The van der Waals surface area contributed by atoms with Gasteiger partial charge in [0.2, 0.25) is 0 Å². The van der Waals surface area contributed by atoms with Gasteiger partial charge in [-0.2, -0.15) is 0 Å². The van der Waals surface area contributed by atoms with Crippen LogP contribution in [0.25, 0.3) is 10.9 Å². The zero-order chi connectivity index (χ0) is 16.9. The summed E-state index contributed by atoms with van der Waals surface area (Å²) in [6.45, 7) is 2.32. The highest BCUT2D eigenvalue weighted by molar-refractivity contribution is 5.84. The van der Waals surface area contributed by atoms with Crippen molar-refractivity contribution in [3.63, 3.8) is 0 Å². The largest absolute Gasteiger partial charge is 0.488 e. The van der Waals surface area contributed by atoms with E-state index in [2.05, 4.69) is 4.98 Å². The Morgan fingerprint density at radius 1 is 1.04 bits per heavy atom. The van der Waals surface area contributed by atoms with Gasteiger partial charge in [-0.1, -0.05) is 24.3 Å². The number of nitrogens with zero attached hydrogens (tertiary/aromatic N) is 2. The Morgan fingerprint density at radius 2 is 1.79 bits per heavy atom. The summed E-state index contributed by atoms with van der Waals surface area (Å²) in [5.74, 6) is 0.912. The summed E-state index contributed by atoms with van der Waals surface area (Å²) in [7, 11) is 0. The Kier molecular flexibility index (Phi) is 4.56. The summed E-state index contributed by atoms with van der Waals surface area (Å²) in [5.41, 5.74) is 1.63. The highest BCUT2D eigenvalue weighted by Gasteiger charge is 2.14. The van der Waals surface area contributed by atoms with Crippen LogP contribution in [-0.4, -0.2) is 23.1 Å². The number of benzene rings is 2. The number of rotatable bonds is 6. The number of aromatic nitrogens is 1. The van der Waals surface area contributed by atoms with Gasteiger partial charge < -0.3 is 9.47 Å². The number of nitro benzene ring substituents is 1. The predicted octanol–water partition coefficient (Wildman–Crippen LogP) is 3.91. The normalized spacial score (nSPS) is 10.5. The van der Waals surface area contributed by atoms with Crippen LogP contribution in [0.3, 0.4) is 0 Å². The van der Waals surface area contributed by atoms with E-state index in [9.17, 15) is 10.1 Å². The molecule has 6 heteroatoms. The van der Waals surface area contributed by atoms with Crippen molar-refractivity contribution in [2.75, 3.05) is 13.2 Å². The second kappa shape index (κ2) is 6.95. The standard InChI is InChI=1S/C18H16N2O4/c1-13-7-8-15(20(21)22)17(12-13)24-11-10-23-16-6-2-4-14-5-3-9-19-18(14)16/h2-9,12H,10-11H2,1H3. The number of hydrogen-bond donors (Lipinski definition) is 0. The molecule has 0 fully saturated rings. The van der Waals surface area contributed by atoms with Gasteiger partial charge in [-0.05, 0) is 30.7 Å². The predicted molar refractivity (Wildman–Crippen MR) is 90.6 cm³/mol. The lowest BCUT2D eigenvalue weighted by atomic mass is 10.2. The minimum absolute atomic E-state index is 0.0487. The van der Waals surface area contributed by atoms with Crippen LogP contribution in [0.4, 0.5) is 5.69 Å². The number of nitro groups is 1. The Bertz CT molecular complexity index is 875. The first-order valence-electron chi connectivity index (χ1n) is 7.49. The van der Waals surface area contributed by atoms with Crippen molar-refractivity contribution < 1.29 is 14.4 Å². The van der Waals surface area contributed by atoms with E-state index >= 15 is 0 Å². The number of para-hydroxylation sites is 1. The second-order valence-corrected chi connectivity index (χ2v) is 5.26. The fraction of sp³-hybridized carbons (Fsp3) is 0.167. The van der Waals surface area contributed by atoms with Crippen LogP contribution in [0, 0.1) is 17.0 Å². The van der Waals surface area contributed by atoms with E-state index < -0.39 is 4.92 Å². The minimum atomic E-state index is -0.454. The lowest BCUT2D eigenvalue weighted by Gasteiger charge is -2.10. The van der Waals surface area contributed by atoms with E-state index in [1.807, 2.05) is 37.3 Å². The number of ether oxygens (including phenoxy) is 2. The Balaban J connectivity index is 1.65. The zero-order valence-electron chi connectivity index (χ0n) is 13.1. The molecule has 1 aromatic heterocycles. The molecule has 6 nitrogen and oxygen atoms in total. The van der Waals surface area contributed by atoms with Crippen molar-refractivity contribution in [2.24, 2.45) is 0 Å². The van der Waals surface area contributed by atoms with Crippen LogP contribution in [0.1, 0.15) is 5.56 Å². The average molecular weight is 324 g/mol. The molecule has 0 saturated carbocycles. The molecule has 24 heavy (non-hydrogen) atoms. The molecule has 0 aliphatic heterocycles. The maximum Gasteiger partial charge on any atom is 0.310 e. The molecule has 2 aromatic carbocycles. The van der Waals surface area contributed by atoms with Gasteiger partial charge >= 0.3 is 5.69 Å². The maximum absolute atomic E-state index is 11.0. The van der Waals surface area contributed by atoms with Crippen LogP contribution >= 0.6 is 0 Å².